The number of fused-ring (bicyclic) bond motifs is 6. The van der Waals surface area contributed by atoms with Gasteiger partial charge in [0, 0.05) is 10.0 Å². The van der Waals surface area contributed by atoms with Gasteiger partial charge in [-0.2, -0.15) is 0 Å². The minimum Gasteiger partial charge on any atom is -0.351 e. The summed E-state index contributed by atoms with van der Waals surface area (Å²) in [5.74, 6) is 0. The first-order valence-corrected chi connectivity index (χ1v) is 8.96. The number of epoxide rings is 1. The van der Waals surface area contributed by atoms with E-state index in [1.54, 1.807) is 0 Å². The van der Waals surface area contributed by atoms with Crippen LogP contribution in [0.25, 0.3) is 21.9 Å². The molecule has 1 aliphatic heterocycles. The van der Waals surface area contributed by atoms with Gasteiger partial charge in [-0.3, -0.25) is 0 Å². The minimum atomic E-state index is -0.270. The first-order chi connectivity index (χ1) is 11.8. The Bertz CT molecular complexity index is 1110. The minimum absolute atomic E-state index is 0.167. The van der Waals surface area contributed by atoms with Gasteiger partial charge in [-0.25, -0.2) is 0 Å². The van der Waals surface area contributed by atoms with Crippen molar-refractivity contribution < 1.29 is 4.74 Å². The summed E-state index contributed by atoms with van der Waals surface area (Å²) in [5.41, 5.74) is 6.42. The van der Waals surface area contributed by atoms with Crippen LogP contribution in [0.2, 0.25) is 0 Å². The average molecular weight is 373 g/mol. The summed E-state index contributed by atoms with van der Waals surface area (Å²) >= 11 is 3.54. The van der Waals surface area contributed by atoms with Crippen LogP contribution in [0.5, 0.6) is 0 Å². The summed E-state index contributed by atoms with van der Waals surface area (Å²) in [6.45, 7) is 0. The number of hydrogen-bond acceptors (Lipinski definition) is 1. The zero-order valence-electron chi connectivity index (χ0n) is 12.8. The van der Waals surface area contributed by atoms with Crippen molar-refractivity contribution in [3.63, 3.8) is 0 Å². The highest BCUT2D eigenvalue weighted by atomic mass is 79.9. The maximum Gasteiger partial charge on any atom is 0.143 e. The molecule has 0 amide bonds. The molecule has 0 bridgehead atoms. The first kappa shape index (κ1) is 13.2. The number of hydrogen-bond donors (Lipinski definition) is 0. The third kappa shape index (κ3) is 1.53. The summed E-state index contributed by atoms with van der Waals surface area (Å²) in [7, 11) is 0. The Morgan fingerprint density at radius 2 is 1.67 bits per heavy atom. The van der Waals surface area contributed by atoms with Gasteiger partial charge < -0.3 is 4.74 Å². The van der Waals surface area contributed by atoms with Gasteiger partial charge >= 0.3 is 0 Å². The summed E-state index contributed by atoms with van der Waals surface area (Å²) in [5, 5.41) is 2.50. The SMILES string of the molecule is Brc1ccc2cc(C34C=CC5=C(c6ccccc65)C3O4)ccc2c1. The molecule has 3 aromatic rings. The van der Waals surface area contributed by atoms with Gasteiger partial charge in [0.15, 0.2) is 0 Å². The Balaban J connectivity index is 1.45. The standard InChI is InChI=1S/C22H13BrO/c23-16-8-6-13-11-15(7-5-14(13)12-16)22-10-9-19-17-3-1-2-4-18(17)20(19)21(22)24-22/h1-12,21H. The third-order valence-electron chi connectivity index (χ3n) is 5.46. The number of benzene rings is 3. The van der Waals surface area contributed by atoms with Gasteiger partial charge in [-0.05, 0) is 57.3 Å². The molecular weight excluding hydrogens is 360 g/mol. The molecule has 1 fully saturated rings. The molecule has 0 aromatic heterocycles. The van der Waals surface area contributed by atoms with E-state index in [9.17, 15) is 0 Å². The van der Waals surface area contributed by atoms with Gasteiger partial charge in [0.25, 0.3) is 0 Å². The molecule has 1 nitrogen and oxygen atoms in total. The van der Waals surface area contributed by atoms with Crippen LogP contribution in [-0.2, 0) is 10.3 Å². The number of rotatable bonds is 1. The lowest BCUT2D eigenvalue weighted by Gasteiger charge is -2.29. The zero-order valence-corrected chi connectivity index (χ0v) is 14.4. The molecule has 3 aliphatic rings. The fourth-order valence-electron chi connectivity index (χ4n) is 4.19. The Kier molecular flexibility index (Phi) is 2.34. The summed E-state index contributed by atoms with van der Waals surface area (Å²) in [6, 6.07) is 21.7. The molecule has 2 heteroatoms. The van der Waals surface area contributed by atoms with Crippen molar-refractivity contribution in [2.45, 2.75) is 11.7 Å². The summed E-state index contributed by atoms with van der Waals surface area (Å²) < 4.78 is 7.37. The maximum absolute atomic E-state index is 6.26. The number of halogens is 1. The predicted octanol–water partition coefficient (Wildman–Crippen LogP) is 5.69. The van der Waals surface area contributed by atoms with E-state index < -0.39 is 0 Å². The van der Waals surface area contributed by atoms with Crippen LogP contribution in [0.15, 0.2) is 77.3 Å². The second kappa shape index (κ2) is 4.27. The van der Waals surface area contributed by atoms with E-state index in [-0.39, 0.29) is 11.7 Å². The molecule has 114 valence electrons. The second-order valence-electron chi connectivity index (χ2n) is 6.70. The van der Waals surface area contributed by atoms with Crippen LogP contribution in [0.3, 0.4) is 0 Å². The molecule has 0 spiro atoms. The van der Waals surface area contributed by atoms with Gasteiger partial charge in [0.1, 0.15) is 11.7 Å². The molecule has 3 aromatic carbocycles. The van der Waals surface area contributed by atoms with Crippen LogP contribution in [-0.4, -0.2) is 6.10 Å². The van der Waals surface area contributed by atoms with Crippen LogP contribution >= 0.6 is 15.9 Å². The van der Waals surface area contributed by atoms with Gasteiger partial charge in [-0.1, -0.05) is 64.5 Å². The number of allylic oxidation sites excluding steroid dienone is 2. The second-order valence-corrected chi connectivity index (χ2v) is 7.62. The molecule has 0 N–H and O–H groups in total. The topological polar surface area (TPSA) is 12.5 Å². The van der Waals surface area contributed by atoms with Crippen LogP contribution in [0.4, 0.5) is 0 Å². The Morgan fingerprint density at radius 3 is 2.58 bits per heavy atom. The van der Waals surface area contributed by atoms with Crippen molar-refractivity contribution in [1.82, 2.24) is 0 Å². The molecule has 24 heavy (non-hydrogen) atoms. The molecular formula is C22H13BrO. The average Bonchev–Trinajstić information content (AvgIpc) is 3.32. The molecule has 2 unspecified atom stereocenters. The van der Waals surface area contributed by atoms with E-state index in [0.29, 0.717) is 0 Å². The van der Waals surface area contributed by atoms with E-state index in [1.807, 2.05) is 0 Å². The molecule has 2 aliphatic carbocycles. The smallest absolute Gasteiger partial charge is 0.143 e. The Morgan fingerprint density at radius 1 is 0.875 bits per heavy atom. The molecule has 6 rings (SSSR count). The van der Waals surface area contributed by atoms with E-state index >= 15 is 0 Å². The maximum atomic E-state index is 6.26. The van der Waals surface area contributed by atoms with Crippen LogP contribution in [0.1, 0.15) is 16.7 Å². The highest BCUT2D eigenvalue weighted by molar-refractivity contribution is 9.10. The highest BCUT2D eigenvalue weighted by Crippen LogP contribution is 2.62. The highest BCUT2D eigenvalue weighted by Gasteiger charge is 2.61. The van der Waals surface area contributed by atoms with Gasteiger partial charge in [0.05, 0.1) is 0 Å². The molecule has 0 saturated carbocycles. The molecule has 2 atom stereocenters. The van der Waals surface area contributed by atoms with Crippen LogP contribution < -0.4 is 0 Å². The van der Waals surface area contributed by atoms with E-state index in [4.69, 9.17) is 4.74 Å². The lowest BCUT2D eigenvalue weighted by atomic mass is 9.72. The van der Waals surface area contributed by atoms with Crippen LogP contribution in [0, 0.1) is 0 Å². The van der Waals surface area contributed by atoms with Crippen molar-refractivity contribution in [3.05, 3.63) is 94.0 Å². The van der Waals surface area contributed by atoms with Crippen molar-refractivity contribution in [1.29, 1.82) is 0 Å². The fraction of sp³-hybridized carbons (Fsp3) is 0.0909. The van der Waals surface area contributed by atoms with Gasteiger partial charge in [-0.15, -0.1) is 0 Å². The predicted molar refractivity (Wildman–Crippen MR) is 101 cm³/mol. The zero-order chi connectivity index (χ0) is 15.9. The molecule has 1 saturated heterocycles. The normalized spacial score (nSPS) is 25.8. The van der Waals surface area contributed by atoms with Crippen molar-refractivity contribution >= 4 is 37.8 Å². The Labute approximate surface area is 148 Å². The van der Waals surface area contributed by atoms with E-state index in [0.717, 1.165) is 4.47 Å². The molecule has 0 radical (unpaired) electrons. The van der Waals surface area contributed by atoms with Crippen molar-refractivity contribution in [2.24, 2.45) is 0 Å². The third-order valence-corrected chi connectivity index (χ3v) is 5.95. The summed E-state index contributed by atoms with van der Waals surface area (Å²) in [6.07, 6.45) is 4.65. The van der Waals surface area contributed by atoms with Crippen molar-refractivity contribution in [3.8, 4) is 0 Å². The van der Waals surface area contributed by atoms with E-state index in [1.165, 1.54) is 38.6 Å². The summed E-state index contributed by atoms with van der Waals surface area (Å²) in [4.78, 5) is 0. The van der Waals surface area contributed by atoms with Crippen molar-refractivity contribution in [2.75, 3.05) is 0 Å². The quantitative estimate of drug-likeness (QED) is 0.499. The number of ether oxygens (including phenoxy) is 1. The Hall–Kier alpha value is -2.16. The van der Waals surface area contributed by atoms with Gasteiger partial charge in [0.2, 0.25) is 0 Å². The lowest BCUT2D eigenvalue weighted by molar-refractivity contribution is 0.347. The monoisotopic (exact) mass is 372 g/mol. The van der Waals surface area contributed by atoms with E-state index in [2.05, 4.69) is 88.7 Å². The lowest BCUT2D eigenvalue weighted by Crippen LogP contribution is -2.20. The molecule has 1 heterocycles. The first-order valence-electron chi connectivity index (χ1n) is 8.17. The fourth-order valence-corrected chi connectivity index (χ4v) is 4.56. The largest absolute Gasteiger partial charge is 0.351 e.